The first-order valence-electron chi connectivity index (χ1n) is 5.44. The van der Waals surface area contributed by atoms with Gasteiger partial charge < -0.3 is 5.11 Å². The van der Waals surface area contributed by atoms with Crippen molar-refractivity contribution in [2.24, 2.45) is 5.92 Å². The molecule has 3 heteroatoms. The van der Waals surface area contributed by atoms with Gasteiger partial charge in [-0.2, -0.15) is 0 Å². The van der Waals surface area contributed by atoms with Crippen molar-refractivity contribution in [2.75, 3.05) is 0 Å². The molecule has 2 nitrogen and oxygen atoms in total. The molecule has 0 amide bonds. The third-order valence-electron chi connectivity index (χ3n) is 2.80. The van der Waals surface area contributed by atoms with E-state index in [1.54, 1.807) is 6.20 Å². The summed E-state index contributed by atoms with van der Waals surface area (Å²) >= 11 is 3.38. The van der Waals surface area contributed by atoms with E-state index in [2.05, 4.69) is 34.8 Å². The van der Waals surface area contributed by atoms with E-state index in [0.717, 1.165) is 22.9 Å². The van der Waals surface area contributed by atoms with Crippen LogP contribution in [0.4, 0.5) is 0 Å². The molecule has 1 unspecified atom stereocenters. The molecule has 1 atom stereocenters. The molecule has 15 heavy (non-hydrogen) atoms. The minimum atomic E-state index is -0.254. The average Bonchev–Trinajstić information content (AvgIpc) is 2.19. The van der Waals surface area contributed by atoms with Gasteiger partial charge >= 0.3 is 0 Å². The van der Waals surface area contributed by atoms with E-state index in [1.807, 2.05) is 12.3 Å². The Morgan fingerprint density at radius 1 is 1.33 bits per heavy atom. The van der Waals surface area contributed by atoms with Gasteiger partial charge in [-0.3, -0.25) is 4.98 Å². The number of rotatable bonds is 5. The first-order valence-corrected chi connectivity index (χ1v) is 6.24. The number of halogens is 1. The van der Waals surface area contributed by atoms with Gasteiger partial charge in [0.15, 0.2) is 0 Å². The van der Waals surface area contributed by atoms with Gasteiger partial charge in [0.25, 0.3) is 0 Å². The molecule has 0 spiro atoms. The maximum absolute atomic E-state index is 10.0. The zero-order valence-electron chi connectivity index (χ0n) is 9.28. The lowest BCUT2D eigenvalue weighted by Crippen LogP contribution is -2.21. The molecule has 0 aliphatic carbocycles. The van der Waals surface area contributed by atoms with E-state index in [4.69, 9.17) is 0 Å². The van der Waals surface area contributed by atoms with Crippen LogP contribution in [0.25, 0.3) is 0 Å². The highest BCUT2D eigenvalue weighted by molar-refractivity contribution is 9.10. The van der Waals surface area contributed by atoms with Crippen molar-refractivity contribution in [2.45, 2.75) is 39.2 Å². The van der Waals surface area contributed by atoms with E-state index in [-0.39, 0.29) is 6.10 Å². The first kappa shape index (κ1) is 12.7. The van der Waals surface area contributed by atoms with Crippen LogP contribution in [-0.2, 0) is 6.42 Å². The van der Waals surface area contributed by atoms with Crippen LogP contribution in [0.3, 0.4) is 0 Å². The van der Waals surface area contributed by atoms with Crippen LogP contribution in [0, 0.1) is 5.92 Å². The molecule has 84 valence electrons. The summed E-state index contributed by atoms with van der Waals surface area (Å²) in [5.41, 5.74) is 1.09. The molecule has 0 bridgehead atoms. The van der Waals surface area contributed by atoms with E-state index >= 15 is 0 Å². The summed E-state index contributed by atoms with van der Waals surface area (Å²) in [5.74, 6) is 0.393. The van der Waals surface area contributed by atoms with Crippen molar-refractivity contribution in [1.29, 1.82) is 0 Å². The summed E-state index contributed by atoms with van der Waals surface area (Å²) in [6, 6.07) is 2.01. The highest BCUT2D eigenvalue weighted by Gasteiger charge is 2.15. The van der Waals surface area contributed by atoms with E-state index < -0.39 is 0 Å². The summed E-state index contributed by atoms with van der Waals surface area (Å²) in [4.78, 5) is 4.09. The largest absolute Gasteiger partial charge is 0.392 e. The first-order chi connectivity index (χ1) is 7.17. The van der Waals surface area contributed by atoms with Gasteiger partial charge in [-0.15, -0.1) is 0 Å². The number of pyridine rings is 1. The highest BCUT2D eigenvalue weighted by Crippen LogP contribution is 2.18. The van der Waals surface area contributed by atoms with Gasteiger partial charge in [0.05, 0.1) is 6.10 Å². The smallest absolute Gasteiger partial charge is 0.0609 e. The second kappa shape index (κ2) is 6.23. The van der Waals surface area contributed by atoms with Crippen molar-refractivity contribution < 1.29 is 5.11 Å². The molecular weight excluding hydrogens is 254 g/mol. The van der Waals surface area contributed by atoms with Gasteiger partial charge in [0.2, 0.25) is 0 Å². The van der Waals surface area contributed by atoms with Gasteiger partial charge in [0.1, 0.15) is 0 Å². The minimum absolute atomic E-state index is 0.254. The molecule has 1 aromatic rings. The second-order valence-corrected chi connectivity index (χ2v) is 4.78. The van der Waals surface area contributed by atoms with Crippen molar-refractivity contribution in [3.05, 3.63) is 28.5 Å². The van der Waals surface area contributed by atoms with Crippen LogP contribution in [-0.4, -0.2) is 16.2 Å². The molecule has 0 aliphatic rings. The lowest BCUT2D eigenvalue weighted by Gasteiger charge is -2.19. The molecule has 0 radical (unpaired) electrons. The summed E-state index contributed by atoms with van der Waals surface area (Å²) in [5, 5.41) is 10.0. The summed E-state index contributed by atoms with van der Waals surface area (Å²) in [6.45, 7) is 4.24. The topological polar surface area (TPSA) is 33.1 Å². The Morgan fingerprint density at radius 2 is 2.00 bits per heavy atom. The van der Waals surface area contributed by atoms with Crippen LogP contribution in [0.1, 0.15) is 32.3 Å². The molecule has 0 aliphatic heterocycles. The number of hydrogen-bond donors (Lipinski definition) is 1. The van der Waals surface area contributed by atoms with E-state index in [9.17, 15) is 5.11 Å². The third kappa shape index (κ3) is 3.92. The Morgan fingerprint density at radius 3 is 2.53 bits per heavy atom. The standard InChI is InChI=1S/C12H18BrNO/c1-3-10(4-2)12(15)6-9-5-11(13)8-14-7-9/h5,7-8,10,12,15H,3-4,6H2,1-2H3. The van der Waals surface area contributed by atoms with Crippen LogP contribution < -0.4 is 0 Å². The van der Waals surface area contributed by atoms with Crippen molar-refractivity contribution in [3.63, 3.8) is 0 Å². The van der Waals surface area contributed by atoms with Gasteiger partial charge in [-0.25, -0.2) is 0 Å². The number of hydrogen-bond acceptors (Lipinski definition) is 2. The zero-order valence-corrected chi connectivity index (χ0v) is 10.9. The predicted molar refractivity (Wildman–Crippen MR) is 65.7 cm³/mol. The highest BCUT2D eigenvalue weighted by atomic mass is 79.9. The molecule has 1 N–H and O–H groups in total. The van der Waals surface area contributed by atoms with Crippen molar-refractivity contribution in [1.82, 2.24) is 4.98 Å². The fourth-order valence-electron chi connectivity index (χ4n) is 1.81. The van der Waals surface area contributed by atoms with Crippen LogP contribution in [0.15, 0.2) is 22.9 Å². The van der Waals surface area contributed by atoms with Gasteiger partial charge in [-0.1, -0.05) is 26.7 Å². The molecule has 1 aromatic heterocycles. The van der Waals surface area contributed by atoms with E-state index in [1.165, 1.54) is 0 Å². The maximum Gasteiger partial charge on any atom is 0.0609 e. The van der Waals surface area contributed by atoms with Crippen LogP contribution in [0.2, 0.25) is 0 Å². The number of nitrogens with zero attached hydrogens (tertiary/aromatic N) is 1. The molecule has 1 heterocycles. The average molecular weight is 272 g/mol. The zero-order chi connectivity index (χ0) is 11.3. The molecule has 0 fully saturated rings. The summed E-state index contributed by atoms with van der Waals surface area (Å²) in [6.07, 6.45) is 6.07. The fourth-order valence-corrected chi connectivity index (χ4v) is 2.22. The van der Waals surface area contributed by atoms with Crippen molar-refractivity contribution >= 4 is 15.9 Å². The quantitative estimate of drug-likeness (QED) is 0.893. The second-order valence-electron chi connectivity index (χ2n) is 3.86. The Hall–Kier alpha value is -0.410. The fraction of sp³-hybridized carbons (Fsp3) is 0.583. The Bertz CT molecular complexity index is 299. The number of aliphatic hydroxyl groups is 1. The summed E-state index contributed by atoms with van der Waals surface area (Å²) < 4.78 is 0.969. The normalized spacial score (nSPS) is 13.1. The van der Waals surface area contributed by atoms with Crippen molar-refractivity contribution in [3.8, 4) is 0 Å². The van der Waals surface area contributed by atoms with Crippen LogP contribution in [0.5, 0.6) is 0 Å². The van der Waals surface area contributed by atoms with Gasteiger partial charge in [-0.05, 0) is 33.5 Å². The lowest BCUT2D eigenvalue weighted by molar-refractivity contribution is 0.103. The van der Waals surface area contributed by atoms with Gasteiger partial charge in [0, 0.05) is 23.3 Å². The predicted octanol–water partition coefficient (Wildman–Crippen LogP) is 3.18. The Labute approximate surface area is 99.9 Å². The SMILES string of the molecule is CCC(CC)C(O)Cc1cncc(Br)c1. The molecule has 0 saturated heterocycles. The van der Waals surface area contributed by atoms with Crippen LogP contribution >= 0.6 is 15.9 Å². The lowest BCUT2D eigenvalue weighted by atomic mass is 9.92. The Balaban J connectivity index is 2.61. The monoisotopic (exact) mass is 271 g/mol. The maximum atomic E-state index is 10.0. The number of aliphatic hydroxyl groups excluding tert-OH is 1. The Kier molecular flexibility index (Phi) is 5.26. The summed E-state index contributed by atoms with van der Waals surface area (Å²) in [7, 11) is 0. The van der Waals surface area contributed by atoms with E-state index in [0.29, 0.717) is 12.3 Å². The minimum Gasteiger partial charge on any atom is -0.392 e. The molecular formula is C12H18BrNO. The molecule has 1 rings (SSSR count). The molecule has 0 aromatic carbocycles. The molecule has 0 saturated carbocycles. The number of aromatic nitrogens is 1. The third-order valence-corrected chi connectivity index (χ3v) is 3.23.